The predicted octanol–water partition coefficient (Wildman–Crippen LogP) is 1.30. The highest BCUT2D eigenvalue weighted by atomic mass is 16.5. The average molecular weight is 223 g/mol. The fraction of sp³-hybridized carbons (Fsp3) is 0.500. The van der Waals surface area contributed by atoms with Crippen molar-refractivity contribution in [2.75, 3.05) is 33.9 Å². The molecule has 0 saturated carbocycles. The first-order chi connectivity index (χ1) is 7.85. The lowest BCUT2D eigenvalue weighted by Gasteiger charge is -2.27. The molecule has 1 heterocycles. The van der Waals surface area contributed by atoms with Gasteiger partial charge in [-0.05, 0) is 12.1 Å². The van der Waals surface area contributed by atoms with Gasteiger partial charge in [0, 0.05) is 19.0 Å². The standard InChI is InChI=1S/C12H17NO3/c1-14-10-4-3-5-11(12(10)15-2)16-8-9-6-13-7-9/h3-5,9,13H,6-8H2,1-2H3. The summed E-state index contributed by atoms with van der Waals surface area (Å²) in [6.07, 6.45) is 0. The van der Waals surface area contributed by atoms with Crippen molar-refractivity contribution in [2.45, 2.75) is 0 Å². The molecule has 1 aromatic carbocycles. The van der Waals surface area contributed by atoms with E-state index in [1.54, 1.807) is 14.2 Å². The lowest BCUT2D eigenvalue weighted by Crippen LogP contribution is -2.45. The van der Waals surface area contributed by atoms with Crippen LogP contribution in [0.25, 0.3) is 0 Å². The quantitative estimate of drug-likeness (QED) is 0.816. The van der Waals surface area contributed by atoms with Crippen LogP contribution < -0.4 is 19.5 Å². The van der Waals surface area contributed by atoms with Gasteiger partial charge in [0.1, 0.15) is 0 Å². The van der Waals surface area contributed by atoms with Crippen molar-refractivity contribution in [2.24, 2.45) is 5.92 Å². The summed E-state index contributed by atoms with van der Waals surface area (Å²) in [5.41, 5.74) is 0. The van der Waals surface area contributed by atoms with E-state index >= 15 is 0 Å². The maximum atomic E-state index is 5.73. The van der Waals surface area contributed by atoms with Crippen molar-refractivity contribution in [3.8, 4) is 17.2 Å². The molecular weight excluding hydrogens is 206 g/mol. The number of rotatable bonds is 5. The van der Waals surface area contributed by atoms with Crippen LogP contribution in [-0.4, -0.2) is 33.9 Å². The summed E-state index contributed by atoms with van der Waals surface area (Å²) in [5.74, 6) is 2.72. The summed E-state index contributed by atoms with van der Waals surface area (Å²) in [5, 5.41) is 3.21. The maximum absolute atomic E-state index is 5.73. The molecule has 1 aromatic rings. The molecule has 1 saturated heterocycles. The molecule has 1 aliphatic heterocycles. The highest BCUT2D eigenvalue weighted by Gasteiger charge is 2.18. The van der Waals surface area contributed by atoms with Crippen LogP contribution in [0.4, 0.5) is 0 Å². The van der Waals surface area contributed by atoms with E-state index in [2.05, 4.69) is 5.32 Å². The Morgan fingerprint density at radius 2 is 1.94 bits per heavy atom. The minimum atomic E-state index is 0.607. The third-order valence-electron chi connectivity index (χ3n) is 2.71. The topological polar surface area (TPSA) is 39.7 Å². The molecule has 0 unspecified atom stereocenters. The van der Waals surface area contributed by atoms with Crippen molar-refractivity contribution < 1.29 is 14.2 Å². The zero-order valence-corrected chi connectivity index (χ0v) is 9.66. The molecule has 0 radical (unpaired) electrons. The maximum Gasteiger partial charge on any atom is 0.203 e. The molecule has 1 aliphatic rings. The summed E-state index contributed by atoms with van der Waals surface area (Å²) < 4.78 is 16.2. The van der Waals surface area contributed by atoms with Gasteiger partial charge in [-0.3, -0.25) is 0 Å². The molecule has 0 amide bonds. The molecule has 2 rings (SSSR count). The van der Waals surface area contributed by atoms with E-state index in [1.165, 1.54) is 0 Å². The Labute approximate surface area is 95.5 Å². The first-order valence-corrected chi connectivity index (χ1v) is 5.39. The molecular formula is C12H17NO3. The highest BCUT2D eigenvalue weighted by molar-refractivity contribution is 5.51. The van der Waals surface area contributed by atoms with Crippen molar-refractivity contribution in [3.05, 3.63) is 18.2 Å². The highest BCUT2D eigenvalue weighted by Crippen LogP contribution is 2.36. The minimum Gasteiger partial charge on any atom is -0.493 e. The molecule has 88 valence electrons. The van der Waals surface area contributed by atoms with Crippen molar-refractivity contribution in [3.63, 3.8) is 0 Å². The Kier molecular flexibility index (Phi) is 3.51. The number of para-hydroxylation sites is 1. The number of ether oxygens (including phenoxy) is 3. The van der Waals surface area contributed by atoms with Crippen LogP contribution in [0.5, 0.6) is 17.2 Å². The van der Waals surface area contributed by atoms with E-state index in [4.69, 9.17) is 14.2 Å². The molecule has 16 heavy (non-hydrogen) atoms. The minimum absolute atomic E-state index is 0.607. The molecule has 0 spiro atoms. The summed E-state index contributed by atoms with van der Waals surface area (Å²) in [4.78, 5) is 0. The zero-order chi connectivity index (χ0) is 11.4. The van der Waals surface area contributed by atoms with Crippen LogP contribution in [0.1, 0.15) is 0 Å². The van der Waals surface area contributed by atoms with E-state index in [0.29, 0.717) is 17.4 Å². The summed E-state index contributed by atoms with van der Waals surface area (Å²) >= 11 is 0. The van der Waals surface area contributed by atoms with Crippen LogP contribution in [0, 0.1) is 5.92 Å². The van der Waals surface area contributed by atoms with E-state index < -0.39 is 0 Å². The molecule has 4 nitrogen and oxygen atoms in total. The SMILES string of the molecule is COc1cccc(OCC2CNC2)c1OC. The van der Waals surface area contributed by atoms with Crippen LogP contribution in [0.15, 0.2) is 18.2 Å². The second kappa shape index (κ2) is 5.07. The second-order valence-electron chi connectivity index (χ2n) is 3.83. The van der Waals surface area contributed by atoms with Crippen LogP contribution in [-0.2, 0) is 0 Å². The Bertz CT molecular complexity index is 350. The van der Waals surface area contributed by atoms with E-state index in [1.807, 2.05) is 18.2 Å². The summed E-state index contributed by atoms with van der Waals surface area (Å²) in [6, 6.07) is 5.65. The number of benzene rings is 1. The van der Waals surface area contributed by atoms with E-state index in [-0.39, 0.29) is 0 Å². The first kappa shape index (κ1) is 11.1. The van der Waals surface area contributed by atoms with Gasteiger partial charge in [-0.1, -0.05) is 6.07 Å². The summed E-state index contributed by atoms with van der Waals surface area (Å²) in [6.45, 7) is 2.79. The van der Waals surface area contributed by atoms with E-state index in [0.717, 1.165) is 25.4 Å². The van der Waals surface area contributed by atoms with Gasteiger partial charge < -0.3 is 19.5 Å². The van der Waals surface area contributed by atoms with Gasteiger partial charge in [0.2, 0.25) is 5.75 Å². The molecule has 0 bridgehead atoms. The number of hydrogen-bond acceptors (Lipinski definition) is 4. The van der Waals surface area contributed by atoms with Crippen molar-refractivity contribution in [1.82, 2.24) is 5.32 Å². The average Bonchev–Trinajstić information content (AvgIpc) is 2.26. The van der Waals surface area contributed by atoms with Gasteiger partial charge in [0.15, 0.2) is 11.5 Å². The Morgan fingerprint density at radius 1 is 1.19 bits per heavy atom. The number of methoxy groups -OCH3 is 2. The number of hydrogen-bond donors (Lipinski definition) is 1. The Balaban J connectivity index is 2.05. The van der Waals surface area contributed by atoms with Crippen LogP contribution in [0.3, 0.4) is 0 Å². The molecule has 4 heteroatoms. The molecule has 0 aliphatic carbocycles. The molecule has 1 fully saturated rings. The molecule has 0 aromatic heterocycles. The van der Waals surface area contributed by atoms with Crippen molar-refractivity contribution >= 4 is 0 Å². The first-order valence-electron chi connectivity index (χ1n) is 5.39. The Morgan fingerprint density at radius 3 is 2.50 bits per heavy atom. The van der Waals surface area contributed by atoms with Crippen LogP contribution >= 0.6 is 0 Å². The molecule has 0 atom stereocenters. The van der Waals surface area contributed by atoms with Gasteiger partial charge in [-0.25, -0.2) is 0 Å². The smallest absolute Gasteiger partial charge is 0.203 e. The van der Waals surface area contributed by atoms with Crippen LogP contribution in [0.2, 0.25) is 0 Å². The lowest BCUT2D eigenvalue weighted by atomic mass is 10.1. The lowest BCUT2D eigenvalue weighted by molar-refractivity contribution is 0.192. The summed E-state index contributed by atoms with van der Waals surface area (Å²) in [7, 11) is 3.24. The fourth-order valence-corrected chi connectivity index (χ4v) is 1.65. The van der Waals surface area contributed by atoms with Gasteiger partial charge in [0.05, 0.1) is 20.8 Å². The van der Waals surface area contributed by atoms with E-state index in [9.17, 15) is 0 Å². The zero-order valence-electron chi connectivity index (χ0n) is 9.66. The van der Waals surface area contributed by atoms with Gasteiger partial charge in [-0.2, -0.15) is 0 Å². The van der Waals surface area contributed by atoms with Gasteiger partial charge in [0.25, 0.3) is 0 Å². The fourth-order valence-electron chi connectivity index (χ4n) is 1.65. The Hall–Kier alpha value is -1.42. The van der Waals surface area contributed by atoms with Gasteiger partial charge >= 0.3 is 0 Å². The predicted molar refractivity (Wildman–Crippen MR) is 61.4 cm³/mol. The normalized spacial score (nSPS) is 15.4. The second-order valence-corrected chi connectivity index (χ2v) is 3.83. The third kappa shape index (κ3) is 2.22. The monoisotopic (exact) mass is 223 g/mol. The molecule has 1 N–H and O–H groups in total. The third-order valence-corrected chi connectivity index (χ3v) is 2.71. The number of nitrogens with one attached hydrogen (secondary N) is 1. The van der Waals surface area contributed by atoms with Crippen molar-refractivity contribution in [1.29, 1.82) is 0 Å². The van der Waals surface area contributed by atoms with Gasteiger partial charge in [-0.15, -0.1) is 0 Å². The largest absolute Gasteiger partial charge is 0.493 e.